The Bertz CT molecular complexity index is 353. The van der Waals surface area contributed by atoms with Crippen LogP contribution in [-0.2, 0) is 33.6 Å². The molecule has 14 heavy (non-hydrogen) atoms. The largest absolute Gasteiger partial charge is 0.481 e. The van der Waals surface area contributed by atoms with Crippen molar-refractivity contribution in [1.82, 2.24) is 0 Å². The molecule has 1 rings (SSSR count). The summed E-state index contributed by atoms with van der Waals surface area (Å²) in [6, 6.07) is 5.80. The normalized spacial score (nSPS) is 8.86. The summed E-state index contributed by atoms with van der Waals surface area (Å²) in [4.78, 5) is 20.2. The van der Waals surface area contributed by atoms with E-state index in [4.69, 9.17) is 5.11 Å². The number of carbonyl (C=O) groups is 1. The first kappa shape index (κ1) is 12.8. The molecule has 0 atom stereocenters. The Morgan fingerprint density at radius 1 is 1.43 bits per heavy atom. The van der Waals surface area contributed by atoms with E-state index in [1.807, 2.05) is 0 Å². The Morgan fingerprint density at radius 2 is 2.00 bits per heavy atom. The van der Waals surface area contributed by atoms with Crippen LogP contribution in [0.1, 0.15) is 5.56 Å². The minimum absolute atomic E-state index is 0. The summed E-state index contributed by atoms with van der Waals surface area (Å²) in [5.74, 6) is -1.07. The summed E-state index contributed by atoms with van der Waals surface area (Å²) in [5, 5.41) is 18.9. The van der Waals surface area contributed by atoms with Gasteiger partial charge in [0, 0.05) is 34.0 Å². The zero-order valence-corrected chi connectivity index (χ0v) is 8.42. The fraction of sp³-hybridized carbons (Fsp3) is 0.125. The van der Waals surface area contributed by atoms with E-state index in [0.29, 0.717) is 0 Å². The van der Waals surface area contributed by atoms with E-state index in [1.54, 1.807) is 6.07 Å². The van der Waals surface area contributed by atoms with Crippen molar-refractivity contribution in [2.75, 3.05) is 0 Å². The molecule has 1 radical (unpaired) electrons. The van der Waals surface area contributed by atoms with Gasteiger partial charge < -0.3 is 5.11 Å². The number of carboxylic acid groups (broad SMARTS) is 1. The number of nitro benzene ring substituents is 1. The number of nitrogens with zero attached hydrogens (tertiary/aromatic N) is 1. The summed E-state index contributed by atoms with van der Waals surface area (Å²) in [6.07, 6.45) is -0.322. The summed E-state index contributed by atoms with van der Waals surface area (Å²) >= 11 is 0. The van der Waals surface area contributed by atoms with Crippen molar-refractivity contribution < 1.29 is 37.2 Å². The second kappa shape index (κ2) is 5.54. The van der Waals surface area contributed by atoms with Gasteiger partial charge in [0.25, 0.3) is 5.69 Å². The number of aliphatic carboxylic acids is 1. The van der Waals surface area contributed by atoms with Crippen LogP contribution in [0.2, 0.25) is 0 Å². The molecule has 1 aromatic rings. The van der Waals surface area contributed by atoms with E-state index >= 15 is 0 Å². The van der Waals surface area contributed by atoms with Gasteiger partial charge in [0.15, 0.2) is 0 Å². The third-order valence-corrected chi connectivity index (χ3v) is 1.53. The molecular weight excluding hydrogens is 282 g/mol. The fourth-order valence-electron chi connectivity index (χ4n) is 1.00. The third-order valence-electron chi connectivity index (χ3n) is 1.53. The second-order valence-electron chi connectivity index (χ2n) is 2.46. The van der Waals surface area contributed by atoms with Crippen LogP contribution in [0.25, 0.3) is 0 Å². The van der Waals surface area contributed by atoms with Crippen molar-refractivity contribution in [1.29, 1.82) is 0 Å². The van der Waals surface area contributed by atoms with E-state index in [1.165, 1.54) is 18.2 Å². The van der Waals surface area contributed by atoms with Crippen LogP contribution < -0.4 is 0 Å². The number of rotatable bonds is 3. The van der Waals surface area contributed by atoms with Crippen molar-refractivity contribution in [2.45, 2.75) is 6.42 Å². The van der Waals surface area contributed by atoms with Crippen LogP contribution in [-0.4, -0.2) is 16.0 Å². The maximum Gasteiger partial charge on any atom is 0.308 e. The topological polar surface area (TPSA) is 80.4 Å². The zero-order chi connectivity index (χ0) is 9.84. The van der Waals surface area contributed by atoms with Crippen LogP contribution in [0.3, 0.4) is 0 Å². The monoisotopic (exact) mass is 288 g/mol. The summed E-state index contributed by atoms with van der Waals surface area (Å²) in [5.41, 5.74) is 0.0740. The molecule has 0 spiro atoms. The first-order chi connectivity index (χ1) is 6.11. The molecule has 0 bridgehead atoms. The van der Waals surface area contributed by atoms with Crippen LogP contribution in [0, 0.1) is 10.1 Å². The molecular formula is C8H7AgNO4. The van der Waals surface area contributed by atoms with Gasteiger partial charge in [-0.25, -0.2) is 0 Å². The molecule has 5 nitrogen and oxygen atoms in total. The minimum Gasteiger partial charge on any atom is -0.481 e. The molecule has 0 unspecified atom stereocenters. The van der Waals surface area contributed by atoms with Gasteiger partial charge >= 0.3 is 5.97 Å². The predicted molar refractivity (Wildman–Crippen MR) is 44.4 cm³/mol. The van der Waals surface area contributed by atoms with Gasteiger partial charge in [0.1, 0.15) is 0 Å². The molecule has 79 valence electrons. The van der Waals surface area contributed by atoms with E-state index < -0.39 is 10.9 Å². The molecule has 0 fully saturated rings. The fourth-order valence-corrected chi connectivity index (χ4v) is 1.00. The van der Waals surface area contributed by atoms with Gasteiger partial charge in [-0.3, -0.25) is 14.9 Å². The smallest absolute Gasteiger partial charge is 0.308 e. The van der Waals surface area contributed by atoms with Gasteiger partial charge in [-0.05, 0) is 0 Å². The molecule has 0 aromatic heterocycles. The number of carboxylic acids is 1. The third kappa shape index (κ3) is 3.29. The standard InChI is InChI=1S/C8H7NO4.Ag/c10-8(11)5-6-3-1-2-4-7(6)9(12)13;/h1-4H,5H2,(H,10,11);. The SMILES string of the molecule is O=C(O)Cc1ccccc1[N+](=O)[O-].[Ag]. The number of para-hydroxylation sites is 1. The van der Waals surface area contributed by atoms with Gasteiger partial charge in [-0.1, -0.05) is 18.2 Å². The van der Waals surface area contributed by atoms with E-state index in [9.17, 15) is 14.9 Å². The predicted octanol–water partition coefficient (Wildman–Crippen LogP) is 1.22. The Hall–Kier alpha value is -1.17. The summed E-state index contributed by atoms with van der Waals surface area (Å²) in [7, 11) is 0. The first-order valence-electron chi connectivity index (χ1n) is 3.55. The van der Waals surface area contributed by atoms with E-state index in [2.05, 4.69) is 0 Å². The van der Waals surface area contributed by atoms with Crippen LogP contribution in [0.15, 0.2) is 24.3 Å². The molecule has 0 aliphatic rings. The van der Waals surface area contributed by atoms with Crippen molar-refractivity contribution >= 4 is 11.7 Å². The zero-order valence-electron chi connectivity index (χ0n) is 6.94. The van der Waals surface area contributed by atoms with Gasteiger partial charge in [0.2, 0.25) is 0 Å². The van der Waals surface area contributed by atoms with Gasteiger partial charge in [0.05, 0.1) is 11.3 Å². The van der Waals surface area contributed by atoms with Crippen LogP contribution >= 0.6 is 0 Å². The van der Waals surface area contributed by atoms with Gasteiger partial charge in [-0.2, -0.15) is 0 Å². The Labute approximate surface area is 95.4 Å². The molecule has 0 aliphatic carbocycles. The van der Waals surface area contributed by atoms with Crippen LogP contribution in [0.5, 0.6) is 0 Å². The van der Waals surface area contributed by atoms with Crippen molar-refractivity contribution in [3.8, 4) is 0 Å². The van der Waals surface area contributed by atoms with Gasteiger partial charge in [-0.15, -0.1) is 0 Å². The Balaban J connectivity index is 0.00000169. The average molecular weight is 289 g/mol. The molecule has 0 heterocycles. The average Bonchev–Trinajstić information content (AvgIpc) is 2.03. The number of hydrogen-bond acceptors (Lipinski definition) is 3. The molecule has 0 amide bonds. The molecule has 6 heteroatoms. The summed E-state index contributed by atoms with van der Waals surface area (Å²) in [6.45, 7) is 0. The van der Waals surface area contributed by atoms with E-state index in [-0.39, 0.29) is 40.1 Å². The second-order valence-corrected chi connectivity index (χ2v) is 2.46. The molecule has 0 saturated carbocycles. The van der Waals surface area contributed by atoms with E-state index in [0.717, 1.165) is 0 Å². The Morgan fingerprint density at radius 3 is 2.50 bits per heavy atom. The summed E-state index contributed by atoms with van der Waals surface area (Å²) < 4.78 is 0. The maximum atomic E-state index is 10.4. The van der Waals surface area contributed by atoms with Crippen molar-refractivity contribution in [2.24, 2.45) is 0 Å². The number of nitro groups is 1. The minimum atomic E-state index is -1.07. The number of hydrogen-bond donors (Lipinski definition) is 1. The van der Waals surface area contributed by atoms with Crippen molar-refractivity contribution in [3.63, 3.8) is 0 Å². The van der Waals surface area contributed by atoms with Crippen molar-refractivity contribution in [3.05, 3.63) is 39.9 Å². The molecule has 0 saturated heterocycles. The Kier molecular flexibility index (Phi) is 5.07. The molecule has 0 aliphatic heterocycles. The quantitative estimate of drug-likeness (QED) is 0.515. The molecule has 1 N–H and O–H groups in total. The maximum absolute atomic E-state index is 10.4. The number of benzene rings is 1. The first-order valence-corrected chi connectivity index (χ1v) is 3.55. The molecule has 1 aromatic carbocycles. The van der Waals surface area contributed by atoms with Crippen LogP contribution in [0.4, 0.5) is 5.69 Å².